The zero-order valence-electron chi connectivity index (χ0n) is 9.12. The quantitative estimate of drug-likeness (QED) is 0.776. The molecule has 0 aliphatic heterocycles. The van der Waals surface area contributed by atoms with Crippen molar-refractivity contribution in [3.63, 3.8) is 0 Å². The highest BCUT2D eigenvalue weighted by molar-refractivity contribution is 5.53. The third kappa shape index (κ3) is 3.00. The van der Waals surface area contributed by atoms with Crippen LogP contribution in [0.5, 0.6) is 0 Å². The number of hydrogen-bond acceptors (Lipinski definition) is 1. The minimum absolute atomic E-state index is 0.131. The molecule has 0 amide bonds. The maximum absolute atomic E-state index is 8.87. The molecular weight excluding hydrogens is 172 g/mol. The lowest BCUT2D eigenvalue weighted by Gasteiger charge is -2.05. The van der Waals surface area contributed by atoms with Crippen molar-refractivity contribution >= 4 is 6.08 Å². The lowest BCUT2D eigenvalue weighted by molar-refractivity contribution is 0.332. The van der Waals surface area contributed by atoms with Gasteiger partial charge in [0.2, 0.25) is 0 Å². The van der Waals surface area contributed by atoms with Crippen LogP contribution < -0.4 is 0 Å². The van der Waals surface area contributed by atoms with Crippen LogP contribution in [0.15, 0.2) is 29.8 Å². The summed E-state index contributed by atoms with van der Waals surface area (Å²) < 4.78 is 0. The third-order valence-electron chi connectivity index (χ3n) is 2.27. The van der Waals surface area contributed by atoms with E-state index in [9.17, 15) is 0 Å². The Morgan fingerprint density at radius 1 is 1.29 bits per heavy atom. The van der Waals surface area contributed by atoms with Crippen LogP contribution >= 0.6 is 0 Å². The molecule has 1 aromatic rings. The normalized spacial score (nSPS) is 12.2. The molecule has 0 saturated carbocycles. The van der Waals surface area contributed by atoms with Gasteiger partial charge in [-0.1, -0.05) is 44.2 Å². The summed E-state index contributed by atoms with van der Waals surface area (Å²) in [6, 6.07) is 8.46. The highest BCUT2D eigenvalue weighted by atomic mass is 16.3. The second-order valence-electron chi connectivity index (χ2n) is 3.97. The van der Waals surface area contributed by atoms with Gasteiger partial charge in [0.25, 0.3) is 0 Å². The topological polar surface area (TPSA) is 20.2 Å². The minimum Gasteiger partial charge on any atom is -0.392 e. The number of aliphatic hydroxyl groups excluding tert-OH is 1. The van der Waals surface area contributed by atoms with Gasteiger partial charge >= 0.3 is 0 Å². The smallest absolute Gasteiger partial charge is 0.0642 e. The van der Waals surface area contributed by atoms with E-state index >= 15 is 0 Å². The average molecular weight is 190 g/mol. The zero-order valence-corrected chi connectivity index (χ0v) is 9.12. The molecule has 0 saturated heterocycles. The molecule has 0 aromatic heterocycles. The van der Waals surface area contributed by atoms with Gasteiger partial charge in [-0.2, -0.15) is 0 Å². The van der Waals surface area contributed by atoms with E-state index in [0.29, 0.717) is 5.92 Å². The molecule has 0 aliphatic carbocycles. The van der Waals surface area contributed by atoms with Gasteiger partial charge in [0.15, 0.2) is 0 Å². The van der Waals surface area contributed by atoms with Crippen LogP contribution in [0.25, 0.3) is 6.08 Å². The Morgan fingerprint density at radius 3 is 2.29 bits per heavy atom. The molecule has 1 N–H and O–H groups in total. The van der Waals surface area contributed by atoms with Crippen molar-refractivity contribution in [3.05, 3.63) is 41.0 Å². The monoisotopic (exact) mass is 190 g/mol. The van der Waals surface area contributed by atoms with E-state index in [1.54, 1.807) is 0 Å². The first-order valence-electron chi connectivity index (χ1n) is 5.01. The Balaban J connectivity index is 2.84. The molecule has 1 nitrogen and oxygen atoms in total. The van der Waals surface area contributed by atoms with Crippen molar-refractivity contribution in [1.29, 1.82) is 0 Å². The van der Waals surface area contributed by atoms with Gasteiger partial charge in [0.05, 0.1) is 6.61 Å². The van der Waals surface area contributed by atoms with Gasteiger partial charge in [0, 0.05) is 0 Å². The molecule has 0 aliphatic rings. The molecule has 0 heterocycles. The van der Waals surface area contributed by atoms with Crippen molar-refractivity contribution in [2.24, 2.45) is 0 Å². The van der Waals surface area contributed by atoms with Crippen molar-refractivity contribution < 1.29 is 5.11 Å². The summed E-state index contributed by atoms with van der Waals surface area (Å²) in [4.78, 5) is 0. The highest BCUT2D eigenvalue weighted by Gasteiger charge is 1.97. The molecule has 0 atom stereocenters. The van der Waals surface area contributed by atoms with Gasteiger partial charge in [0.1, 0.15) is 0 Å². The maximum atomic E-state index is 8.87. The van der Waals surface area contributed by atoms with E-state index < -0.39 is 0 Å². The van der Waals surface area contributed by atoms with Crippen LogP contribution in [-0.2, 0) is 0 Å². The van der Waals surface area contributed by atoms with E-state index in [2.05, 4.69) is 38.1 Å². The van der Waals surface area contributed by atoms with E-state index in [4.69, 9.17) is 5.11 Å². The fraction of sp³-hybridized carbons (Fsp3) is 0.385. The Labute approximate surface area is 86.1 Å². The maximum Gasteiger partial charge on any atom is 0.0642 e. The van der Waals surface area contributed by atoms with E-state index in [1.165, 1.54) is 5.56 Å². The first-order valence-corrected chi connectivity index (χ1v) is 5.01. The summed E-state index contributed by atoms with van der Waals surface area (Å²) in [5.74, 6) is 0.576. The molecule has 1 rings (SSSR count). The Kier molecular flexibility index (Phi) is 3.90. The van der Waals surface area contributed by atoms with Crippen LogP contribution in [0.3, 0.4) is 0 Å². The van der Waals surface area contributed by atoms with Gasteiger partial charge in [-0.3, -0.25) is 0 Å². The molecule has 0 bridgehead atoms. The molecule has 1 aromatic carbocycles. The molecule has 76 valence electrons. The fourth-order valence-electron chi connectivity index (χ4n) is 1.31. The van der Waals surface area contributed by atoms with Crippen molar-refractivity contribution in [1.82, 2.24) is 0 Å². The Bertz CT molecular complexity index is 307. The lowest BCUT2D eigenvalue weighted by Crippen LogP contribution is -1.87. The van der Waals surface area contributed by atoms with Gasteiger partial charge in [-0.25, -0.2) is 0 Å². The van der Waals surface area contributed by atoms with Crippen LogP contribution in [0.1, 0.15) is 37.8 Å². The number of rotatable bonds is 3. The second kappa shape index (κ2) is 4.97. The summed E-state index contributed by atoms with van der Waals surface area (Å²) in [6.45, 7) is 6.43. The first kappa shape index (κ1) is 11.0. The molecule has 0 fully saturated rings. The fourth-order valence-corrected chi connectivity index (χ4v) is 1.31. The number of hydrogen-bond donors (Lipinski definition) is 1. The first-order chi connectivity index (χ1) is 6.63. The number of benzene rings is 1. The lowest BCUT2D eigenvalue weighted by atomic mass is 10.0. The third-order valence-corrected chi connectivity index (χ3v) is 2.27. The molecule has 14 heavy (non-hydrogen) atoms. The number of aliphatic hydroxyl groups is 1. The van der Waals surface area contributed by atoms with Gasteiger partial charge in [-0.05, 0) is 29.5 Å². The summed E-state index contributed by atoms with van der Waals surface area (Å²) >= 11 is 0. The van der Waals surface area contributed by atoms with Crippen LogP contribution in [0.4, 0.5) is 0 Å². The SMILES string of the molecule is C/C(=C\c1ccc(C(C)C)cc1)CO. The zero-order chi connectivity index (χ0) is 10.6. The predicted molar refractivity (Wildman–Crippen MR) is 61.3 cm³/mol. The summed E-state index contributed by atoms with van der Waals surface area (Å²) in [5.41, 5.74) is 3.49. The Hall–Kier alpha value is -1.08. The summed E-state index contributed by atoms with van der Waals surface area (Å²) in [6.07, 6.45) is 2.00. The van der Waals surface area contributed by atoms with Crippen LogP contribution in [0, 0.1) is 0 Å². The molecule has 0 unspecified atom stereocenters. The predicted octanol–water partition coefficient (Wildman–Crippen LogP) is 3.21. The molecule has 0 radical (unpaired) electrons. The van der Waals surface area contributed by atoms with Gasteiger partial charge in [-0.15, -0.1) is 0 Å². The average Bonchev–Trinajstić information content (AvgIpc) is 2.18. The van der Waals surface area contributed by atoms with Crippen molar-refractivity contribution in [2.45, 2.75) is 26.7 Å². The molecule has 1 heteroatoms. The standard InChI is InChI=1S/C13H18O/c1-10(2)13-6-4-12(5-7-13)8-11(3)9-14/h4-8,10,14H,9H2,1-3H3/b11-8+. The largest absolute Gasteiger partial charge is 0.392 e. The minimum atomic E-state index is 0.131. The molecule has 0 spiro atoms. The molecular formula is C13H18O. The summed E-state index contributed by atoms with van der Waals surface area (Å²) in [7, 11) is 0. The van der Waals surface area contributed by atoms with E-state index in [0.717, 1.165) is 11.1 Å². The van der Waals surface area contributed by atoms with E-state index in [-0.39, 0.29) is 6.61 Å². The van der Waals surface area contributed by atoms with Gasteiger partial charge < -0.3 is 5.11 Å². The van der Waals surface area contributed by atoms with Crippen molar-refractivity contribution in [2.75, 3.05) is 6.61 Å². The summed E-state index contributed by atoms with van der Waals surface area (Å²) in [5, 5.41) is 8.87. The Morgan fingerprint density at radius 2 is 1.86 bits per heavy atom. The van der Waals surface area contributed by atoms with Crippen LogP contribution in [0.2, 0.25) is 0 Å². The van der Waals surface area contributed by atoms with Crippen molar-refractivity contribution in [3.8, 4) is 0 Å². The van der Waals surface area contributed by atoms with E-state index in [1.807, 2.05) is 13.0 Å². The highest BCUT2D eigenvalue weighted by Crippen LogP contribution is 2.15. The second-order valence-corrected chi connectivity index (χ2v) is 3.97. The van der Waals surface area contributed by atoms with Crippen LogP contribution in [-0.4, -0.2) is 11.7 Å².